The molecular weight excluding hydrogens is 250 g/mol. The predicted octanol–water partition coefficient (Wildman–Crippen LogP) is 0.939. The number of rotatable bonds is 4. The lowest BCUT2D eigenvalue weighted by molar-refractivity contribution is 0.0786. The molecule has 0 saturated heterocycles. The van der Waals surface area contributed by atoms with Gasteiger partial charge in [-0.05, 0) is 38.7 Å². The molecule has 4 heteroatoms. The van der Waals surface area contributed by atoms with Gasteiger partial charge in [-0.15, -0.1) is 0 Å². The van der Waals surface area contributed by atoms with Gasteiger partial charge in [0.05, 0.1) is 6.54 Å². The molecule has 0 unspecified atom stereocenters. The summed E-state index contributed by atoms with van der Waals surface area (Å²) in [5, 5.41) is 0. The van der Waals surface area contributed by atoms with Gasteiger partial charge in [0, 0.05) is 31.3 Å². The fourth-order valence-corrected chi connectivity index (χ4v) is 1.71. The number of amides is 1. The van der Waals surface area contributed by atoms with Gasteiger partial charge in [-0.25, -0.2) is 0 Å². The Hall–Kier alpha value is -1.83. The standard InChI is InChI=1S/C16H23N3O/c1-13-7-8-15(12-14(13)6-5-9-17)16(20)19(4)11-10-18(2)3/h7-8,12H,9-11,17H2,1-4H3. The Balaban J connectivity index is 2.88. The smallest absolute Gasteiger partial charge is 0.253 e. The average molecular weight is 273 g/mol. The van der Waals surface area contributed by atoms with Gasteiger partial charge < -0.3 is 15.5 Å². The lowest BCUT2D eigenvalue weighted by Crippen LogP contribution is -2.33. The van der Waals surface area contributed by atoms with E-state index in [1.165, 1.54) is 0 Å². The van der Waals surface area contributed by atoms with Crippen LogP contribution >= 0.6 is 0 Å². The van der Waals surface area contributed by atoms with Gasteiger partial charge in [-0.2, -0.15) is 0 Å². The Bertz CT molecular complexity index is 526. The molecule has 0 bridgehead atoms. The third-order valence-corrected chi connectivity index (χ3v) is 3.04. The molecule has 1 aromatic rings. The van der Waals surface area contributed by atoms with E-state index >= 15 is 0 Å². The molecule has 0 saturated carbocycles. The second-order valence-corrected chi connectivity index (χ2v) is 5.07. The molecule has 20 heavy (non-hydrogen) atoms. The third-order valence-electron chi connectivity index (χ3n) is 3.04. The Kier molecular flexibility index (Phi) is 6.23. The summed E-state index contributed by atoms with van der Waals surface area (Å²) in [4.78, 5) is 16.1. The van der Waals surface area contributed by atoms with E-state index in [9.17, 15) is 4.79 Å². The molecule has 0 heterocycles. The van der Waals surface area contributed by atoms with E-state index < -0.39 is 0 Å². The molecule has 2 N–H and O–H groups in total. The lowest BCUT2D eigenvalue weighted by atomic mass is 10.0. The molecule has 4 nitrogen and oxygen atoms in total. The Labute approximate surface area is 121 Å². The maximum Gasteiger partial charge on any atom is 0.253 e. The zero-order valence-corrected chi connectivity index (χ0v) is 12.7. The number of benzene rings is 1. The van der Waals surface area contributed by atoms with Crippen molar-refractivity contribution in [1.82, 2.24) is 9.80 Å². The fraction of sp³-hybridized carbons (Fsp3) is 0.438. The Morgan fingerprint density at radius 1 is 1.25 bits per heavy atom. The van der Waals surface area contributed by atoms with E-state index in [4.69, 9.17) is 5.73 Å². The minimum atomic E-state index is 0.0163. The largest absolute Gasteiger partial charge is 0.340 e. The molecule has 1 aromatic carbocycles. The van der Waals surface area contributed by atoms with Gasteiger partial charge in [-0.3, -0.25) is 4.79 Å². The van der Waals surface area contributed by atoms with Gasteiger partial charge in [0.1, 0.15) is 0 Å². The van der Waals surface area contributed by atoms with E-state index in [1.807, 2.05) is 46.3 Å². The van der Waals surface area contributed by atoms with Crippen molar-refractivity contribution in [2.75, 3.05) is 40.8 Å². The van der Waals surface area contributed by atoms with Crippen LogP contribution in [0, 0.1) is 18.8 Å². The minimum Gasteiger partial charge on any atom is -0.340 e. The highest BCUT2D eigenvalue weighted by atomic mass is 16.2. The first-order valence-corrected chi connectivity index (χ1v) is 6.65. The number of nitrogens with zero attached hydrogens (tertiary/aromatic N) is 2. The molecule has 0 aliphatic carbocycles. The van der Waals surface area contributed by atoms with Crippen LogP contribution in [0.4, 0.5) is 0 Å². The zero-order valence-electron chi connectivity index (χ0n) is 12.7. The summed E-state index contributed by atoms with van der Waals surface area (Å²) < 4.78 is 0. The Morgan fingerprint density at radius 2 is 1.95 bits per heavy atom. The zero-order chi connectivity index (χ0) is 15.1. The molecule has 108 valence electrons. The Morgan fingerprint density at radius 3 is 2.55 bits per heavy atom. The number of likely N-dealkylation sites (N-methyl/N-ethyl adjacent to an activating group) is 2. The van der Waals surface area contributed by atoms with Gasteiger partial charge in [0.15, 0.2) is 0 Å². The van der Waals surface area contributed by atoms with Crippen LogP contribution in [0.3, 0.4) is 0 Å². The minimum absolute atomic E-state index is 0.0163. The van der Waals surface area contributed by atoms with Crippen LogP contribution in [0.25, 0.3) is 0 Å². The summed E-state index contributed by atoms with van der Waals surface area (Å²) in [6.07, 6.45) is 0. The van der Waals surface area contributed by atoms with Crippen LogP contribution in [0.2, 0.25) is 0 Å². The first-order chi connectivity index (χ1) is 9.45. The SMILES string of the molecule is Cc1ccc(C(=O)N(C)CCN(C)C)cc1C#CCN. The molecule has 0 radical (unpaired) electrons. The molecule has 0 aliphatic heterocycles. The van der Waals surface area contributed by atoms with E-state index in [1.54, 1.807) is 4.90 Å². The molecule has 1 amide bonds. The second-order valence-electron chi connectivity index (χ2n) is 5.07. The van der Waals surface area contributed by atoms with Crippen molar-refractivity contribution < 1.29 is 4.79 Å². The van der Waals surface area contributed by atoms with Crippen molar-refractivity contribution >= 4 is 5.91 Å². The number of aryl methyl sites for hydroxylation is 1. The van der Waals surface area contributed by atoms with Gasteiger partial charge in [0.25, 0.3) is 5.91 Å². The van der Waals surface area contributed by atoms with Gasteiger partial charge in [0.2, 0.25) is 0 Å². The van der Waals surface area contributed by atoms with E-state index in [-0.39, 0.29) is 5.91 Å². The lowest BCUT2D eigenvalue weighted by Gasteiger charge is -2.20. The number of carbonyl (C=O) groups excluding carboxylic acids is 1. The normalized spacial score (nSPS) is 10.1. The first-order valence-electron chi connectivity index (χ1n) is 6.65. The quantitative estimate of drug-likeness (QED) is 0.831. The van der Waals surface area contributed by atoms with Crippen LogP contribution < -0.4 is 5.73 Å². The van der Waals surface area contributed by atoms with Gasteiger partial charge >= 0.3 is 0 Å². The maximum atomic E-state index is 12.3. The first kappa shape index (κ1) is 16.2. The van der Waals surface area contributed by atoms with Crippen LogP contribution in [0.15, 0.2) is 18.2 Å². The molecule has 0 aliphatic rings. The average Bonchev–Trinajstić information content (AvgIpc) is 2.43. The highest BCUT2D eigenvalue weighted by molar-refractivity contribution is 5.94. The highest BCUT2D eigenvalue weighted by Crippen LogP contribution is 2.12. The third kappa shape index (κ3) is 4.69. The van der Waals surface area contributed by atoms with Crippen molar-refractivity contribution in [1.29, 1.82) is 0 Å². The van der Waals surface area contributed by atoms with E-state index in [2.05, 4.69) is 16.7 Å². The summed E-state index contributed by atoms with van der Waals surface area (Å²) in [7, 11) is 5.80. The summed E-state index contributed by atoms with van der Waals surface area (Å²) in [6.45, 7) is 3.84. The topological polar surface area (TPSA) is 49.6 Å². The summed E-state index contributed by atoms with van der Waals surface area (Å²) in [5.74, 6) is 5.85. The highest BCUT2D eigenvalue weighted by Gasteiger charge is 2.12. The number of hydrogen-bond acceptors (Lipinski definition) is 3. The molecule has 0 aromatic heterocycles. The number of nitrogens with two attached hydrogens (primary N) is 1. The molecule has 1 rings (SSSR count). The van der Waals surface area contributed by atoms with Crippen LogP contribution in [-0.2, 0) is 0 Å². The molecule has 0 atom stereocenters. The van der Waals surface area contributed by atoms with Crippen LogP contribution in [0.5, 0.6) is 0 Å². The monoisotopic (exact) mass is 273 g/mol. The molecule has 0 spiro atoms. The predicted molar refractivity (Wildman–Crippen MR) is 82.6 cm³/mol. The summed E-state index contributed by atoms with van der Waals surface area (Å²) >= 11 is 0. The molecular formula is C16H23N3O. The van der Waals surface area contributed by atoms with Crippen LogP contribution in [0.1, 0.15) is 21.5 Å². The number of carbonyl (C=O) groups is 1. The number of hydrogen-bond donors (Lipinski definition) is 1. The van der Waals surface area contributed by atoms with Gasteiger partial charge in [-0.1, -0.05) is 17.9 Å². The van der Waals surface area contributed by atoms with E-state index in [0.29, 0.717) is 18.7 Å². The van der Waals surface area contributed by atoms with Crippen molar-refractivity contribution in [2.24, 2.45) is 5.73 Å². The fourth-order valence-electron chi connectivity index (χ4n) is 1.71. The van der Waals surface area contributed by atoms with Crippen molar-refractivity contribution in [3.05, 3.63) is 34.9 Å². The van der Waals surface area contributed by atoms with Crippen molar-refractivity contribution in [3.8, 4) is 11.8 Å². The second kappa shape index (κ2) is 7.68. The maximum absolute atomic E-state index is 12.3. The summed E-state index contributed by atoms with van der Waals surface area (Å²) in [6, 6.07) is 5.61. The molecule has 0 fully saturated rings. The van der Waals surface area contributed by atoms with Crippen molar-refractivity contribution in [2.45, 2.75) is 6.92 Å². The van der Waals surface area contributed by atoms with Crippen molar-refractivity contribution in [3.63, 3.8) is 0 Å². The summed E-state index contributed by atoms with van der Waals surface area (Å²) in [5.41, 5.74) is 7.97. The van der Waals surface area contributed by atoms with E-state index in [0.717, 1.165) is 17.7 Å². The van der Waals surface area contributed by atoms with Crippen LogP contribution in [-0.4, -0.2) is 56.5 Å².